The number of hydrogen-bond donors (Lipinski definition) is 1. The molecule has 0 fully saturated rings. The normalized spacial score (nSPS) is 13.6. The molecule has 0 spiro atoms. The monoisotopic (exact) mass is 465 g/mol. The molecule has 3 aromatic rings. The third-order valence-electron chi connectivity index (χ3n) is 4.68. The highest BCUT2D eigenvalue weighted by atomic mass is 79.9. The van der Waals surface area contributed by atoms with Crippen LogP contribution >= 0.6 is 39.1 Å². The van der Waals surface area contributed by atoms with Gasteiger partial charge in [0.1, 0.15) is 17.3 Å². The first kappa shape index (κ1) is 18.7. The van der Waals surface area contributed by atoms with Crippen LogP contribution in [0.4, 0.5) is 5.82 Å². The van der Waals surface area contributed by atoms with Crippen LogP contribution in [0, 0.1) is 0 Å². The molecule has 0 atom stereocenters. The number of fused-ring (bicyclic) bond motifs is 1. The third-order valence-corrected chi connectivity index (χ3v) is 5.72. The van der Waals surface area contributed by atoms with Crippen molar-refractivity contribution >= 4 is 44.9 Å². The number of halogens is 3. The predicted molar refractivity (Wildman–Crippen MR) is 115 cm³/mol. The lowest BCUT2D eigenvalue weighted by Crippen LogP contribution is -2.07. The molecule has 2 heterocycles. The molecule has 27 heavy (non-hydrogen) atoms. The van der Waals surface area contributed by atoms with Crippen molar-refractivity contribution in [2.24, 2.45) is 0 Å². The highest BCUT2D eigenvalue weighted by Gasteiger charge is 2.24. The lowest BCUT2D eigenvalue weighted by atomic mass is 10.0. The standard InChI is InChI=1S/C20H18BrCl2N3O/c1-27-18-8-5-12(21)10-15(18)19-14-4-2-3-9-24-20(14)26(25-19)17-7-6-13(22)11-16(17)23/h5-8,10-11,24H,2-4,9H2,1H3. The van der Waals surface area contributed by atoms with Crippen molar-refractivity contribution in [2.45, 2.75) is 19.3 Å². The minimum atomic E-state index is 0.562. The molecule has 140 valence electrons. The largest absolute Gasteiger partial charge is 0.496 e. The van der Waals surface area contributed by atoms with E-state index in [0.29, 0.717) is 10.0 Å². The van der Waals surface area contributed by atoms with Crippen LogP contribution in [0.3, 0.4) is 0 Å². The van der Waals surface area contributed by atoms with Gasteiger partial charge in [0, 0.05) is 27.2 Å². The lowest BCUT2D eigenvalue weighted by molar-refractivity contribution is 0.416. The van der Waals surface area contributed by atoms with Crippen molar-refractivity contribution < 1.29 is 4.74 Å². The van der Waals surface area contributed by atoms with E-state index in [1.165, 1.54) is 5.56 Å². The number of nitrogens with one attached hydrogen (secondary N) is 1. The highest BCUT2D eigenvalue weighted by Crippen LogP contribution is 2.40. The second kappa shape index (κ2) is 7.74. The van der Waals surface area contributed by atoms with Gasteiger partial charge in [-0.3, -0.25) is 0 Å². The Morgan fingerprint density at radius 3 is 2.78 bits per heavy atom. The minimum absolute atomic E-state index is 0.562. The second-order valence-electron chi connectivity index (χ2n) is 6.41. The van der Waals surface area contributed by atoms with Crippen LogP contribution in [0.1, 0.15) is 18.4 Å². The number of nitrogens with zero attached hydrogens (tertiary/aromatic N) is 2. The molecule has 0 saturated carbocycles. The fourth-order valence-electron chi connectivity index (χ4n) is 3.41. The Bertz CT molecular complexity index is 1000. The number of hydrogen-bond acceptors (Lipinski definition) is 3. The van der Waals surface area contributed by atoms with Gasteiger partial charge in [-0.05, 0) is 55.7 Å². The molecule has 7 heteroatoms. The van der Waals surface area contributed by atoms with Crippen molar-refractivity contribution in [3.05, 3.63) is 56.5 Å². The van der Waals surface area contributed by atoms with Gasteiger partial charge in [0.15, 0.2) is 0 Å². The molecule has 1 aliphatic heterocycles. The predicted octanol–water partition coefficient (Wildman–Crippen LogP) is 6.37. The van der Waals surface area contributed by atoms with Gasteiger partial charge in [-0.2, -0.15) is 5.10 Å². The average Bonchev–Trinajstić information content (AvgIpc) is 2.83. The molecular formula is C20H18BrCl2N3O. The van der Waals surface area contributed by atoms with Gasteiger partial charge < -0.3 is 10.1 Å². The smallest absolute Gasteiger partial charge is 0.133 e. The van der Waals surface area contributed by atoms with Crippen LogP contribution in [-0.2, 0) is 6.42 Å². The van der Waals surface area contributed by atoms with Crippen LogP contribution in [-0.4, -0.2) is 23.4 Å². The summed E-state index contributed by atoms with van der Waals surface area (Å²) < 4.78 is 8.46. The molecule has 0 saturated heterocycles. The number of ether oxygens (including phenoxy) is 1. The molecule has 0 radical (unpaired) electrons. The minimum Gasteiger partial charge on any atom is -0.496 e. The quantitative estimate of drug-likeness (QED) is 0.487. The highest BCUT2D eigenvalue weighted by molar-refractivity contribution is 9.10. The van der Waals surface area contributed by atoms with E-state index in [-0.39, 0.29) is 0 Å². The summed E-state index contributed by atoms with van der Waals surface area (Å²) in [6.07, 6.45) is 3.15. The Labute approximate surface area is 176 Å². The molecule has 1 aromatic heterocycles. The summed E-state index contributed by atoms with van der Waals surface area (Å²) >= 11 is 16.1. The summed E-state index contributed by atoms with van der Waals surface area (Å²) in [5.74, 6) is 1.77. The fourth-order valence-corrected chi connectivity index (χ4v) is 4.26. The molecule has 4 rings (SSSR count). The van der Waals surface area contributed by atoms with Crippen molar-refractivity contribution in [2.75, 3.05) is 19.0 Å². The van der Waals surface area contributed by atoms with E-state index >= 15 is 0 Å². The Balaban J connectivity index is 1.96. The zero-order valence-electron chi connectivity index (χ0n) is 14.7. The van der Waals surface area contributed by atoms with Crippen molar-refractivity contribution in [1.82, 2.24) is 9.78 Å². The summed E-state index contributed by atoms with van der Waals surface area (Å²) in [4.78, 5) is 0. The molecule has 0 amide bonds. The van der Waals surface area contributed by atoms with E-state index in [9.17, 15) is 0 Å². The van der Waals surface area contributed by atoms with E-state index in [0.717, 1.165) is 58.8 Å². The van der Waals surface area contributed by atoms with E-state index in [2.05, 4.69) is 21.2 Å². The Morgan fingerprint density at radius 1 is 1.15 bits per heavy atom. The maximum atomic E-state index is 6.48. The number of benzene rings is 2. The Kier molecular flexibility index (Phi) is 5.35. The zero-order valence-corrected chi connectivity index (χ0v) is 17.8. The summed E-state index contributed by atoms with van der Waals surface area (Å²) in [5, 5.41) is 9.64. The molecule has 0 aliphatic carbocycles. The number of anilines is 1. The van der Waals surface area contributed by atoms with Crippen LogP contribution in [0.25, 0.3) is 16.9 Å². The molecule has 2 aromatic carbocycles. The summed E-state index contributed by atoms with van der Waals surface area (Å²) in [5.41, 5.74) is 3.83. The number of aromatic nitrogens is 2. The topological polar surface area (TPSA) is 39.1 Å². The van der Waals surface area contributed by atoms with Gasteiger partial charge in [-0.15, -0.1) is 0 Å². The first-order valence-electron chi connectivity index (χ1n) is 8.73. The van der Waals surface area contributed by atoms with E-state index in [4.69, 9.17) is 33.0 Å². The molecule has 1 aliphatic rings. The lowest BCUT2D eigenvalue weighted by Gasteiger charge is -2.10. The number of rotatable bonds is 3. The summed E-state index contributed by atoms with van der Waals surface area (Å²) in [7, 11) is 1.68. The summed E-state index contributed by atoms with van der Waals surface area (Å²) in [6.45, 7) is 0.902. The van der Waals surface area contributed by atoms with Gasteiger partial charge in [0.05, 0.1) is 17.8 Å². The van der Waals surface area contributed by atoms with Crippen molar-refractivity contribution in [1.29, 1.82) is 0 Å². The average molecular weight is 467 g/mol. The Hall–Kier alpha value is -1.69. The maximum Gasteiger partial charge on any atom is 0.133 e. The van der Waals surface area contributed by atoms with Crippen LogP contribution < -0.4 is 10.1 Å². The van der Waals surface area contributed by atoms with Crippen molar-refractivity contribution in [3.63, 3.8) is 0 Å². The van der Waals surface area contributed by atoms with Gasteiger partial charge in [-0.1, -0.05) is 39.1 Å². The molecule has 1 N–H and O–H groups in total. The van der Waals surface area contributed by atoms with E-state index < -0.39 is 0 Å². The van der Waals surface area contributed by atoms with E-state index in [1.54, 1.807) is 13.2 Å². The zero-order chi connectivity index (χ0) is 19.0. The maximum absolute atomic E-state index is 6.48. The first-order chi connectivity index (χ1) is 13.1. The van der Waals surface area contributed by atoms with E-state index in [1.807, 2.05) is 35.0 Å². The van der Waals surface area contributed by atoms with Gasteiger partial charge in [-0.25, -0.2) is 4.68 Å². The first-order valence-corrected chi connectivity index (χ1v) is 10.3. The van der Waals surface area contributed by atoms with Gasteiger partial charge in [0.2, 0.25) is 0 Å². The Morgan fingerprint density at radius 2 is 2.00 bits per heavy atom. The van der Waals surface area contributed by atoms with Crippen LogP contribution in [0.15, 0.2) is 40.9 Å². The fraction of sp³-hybridized carbons (Fsp3) is 0.250. The third kappa shape index (κ3) is 3.56. The number of methoxy groups -OCH3 is 1. The van der Waals surface area contributed by atoms with Crippen LogP contribution in [0.5, 0.6) is 5.75 Å². The van der Waals surface area contributed by atoms with Crippen LogP contribution in [0.2, 0.25) is 10.0 Å². The molecule has 0 bridgehead atoms. The molecule has 0 unspecified atom stereocenters. The summed E-state index contributed by atoms with van der Waals surface area (Å²) in [6, 6.07) is 11.4. The second-order valence-corrected chi connectivity index (χ2v) is 8.17. The van der Waals surface area contributed by atoms with Crippen molar-refractivity contribution in [3.8, 4) is 22.7 Å². The van der Waals surface area contributed by atoms with Gasteiger partial charge in [0.25, 0.3) is 0 Å². The van der Waals surface area contributed by atoms with Gasteiger partial charge >= 0.3 is 0 Å². The molecule has 4 nitrogen and oxygen atoms in total. The molecular weight excluding hydrogens is 449 g/mol. The SMILES string of the molecule is COc1ccc(Br)cc1-c1nn(-c2ccc(Cl)cc2Cl)c2c1CCCCN2.